The van der Waals surface area contributed by atoms with E-state index < -0.39 is 18.4 Å². The van der Waals surface area contributed by atoms with Crippen LogP contribution in [-0.4, -0.2) is 29.4 Å². The van der Waals surface area contributed by atoms with E-state index in [-0.39, 0.29) is 0 Å². The maximum atomic E-state index is 4.75. The Balaban J connectivity index is 3.02. The summed E-state index contributed by atoms with van der Waals surface area (Å²) in [6, 6.07) is 5.10. The normalized spacial score (nSPS) is 11.9. The standard InChI is InChI=1S/C8H11N2.3C4H9.Sn/c1-7(2)10-8-5-3-4-6-9-8;3*1-3-4-2;/h3,5-7H,1-2H3,(H,9,10);3*1,3-4H2,2H3;. The molecule has 1 aromatic rings. The Hall–Kier alpha value is -0.251. The fourth-order valence-electron chi connectivity index (χ4n) is 3.44. The summed E-state index contributed by atoms with van der Waals surface area (Å²) in [7, 11) is 0. The molecule has 0 amide bonds. The molecule has 2 nitrogen and oxygen atoms in total. The van der Waals surface area contributed by atoms with Gasteiger partial charge in [0.25, 0.3) is 0 Å². The maximum absolute atomic E-state index is 4.75. The van der Waals surface area contributed by atoms with E-state index in [4.69, 9.17) is 4.98 Å². The van der Waals surface area contributed by atoms with Crippen LogP contribution in [0.5, 0.6) is 0 Å². The van der Waals surface area contributed by atoms with E-state index in [0.717, 1.165) is 5.82 Å². The van der Waals surface area contributed by atoms with E-state index in [1.807, 2.05) is 0 Å². The van der Waals surface area contributed by atoms with Gasteiger partial charge < -0.3 is 0 Å². The van der Waals surface area contributed by atoms with Gasteiger partial charge in [0.05, 0.1) is 0 Å². The van der Waals surface area contributed by atoms with Gasteiger partial charge in [-0.05, 0) is 0 Å². The van der Waals surface area contributed by atoms with Gasteiger partial charge in [-0.1, -0.05) is 0 Å². The Morgan fingerprint density at radius 2 is 1.43 bits per heavy atom. The molecule has 0 aliphatic heterocycles. The second-order valence-electron chi connectivity index (χ2n) is 7.32. The third-order valence-corrected chi connectivity index (χ3v) is 20.4. The molecule has 3 heteroatoms. The third kappa shape index (κ3) is 7.02. The van der Waals surface area contributed by atoms with Crippen molar-refractivity contribution in [3.63, 3.8) is 0 Å². The van der Waals surface area contributed by atoms with Gasteiger partial charge in [-0.2, -0.15) is 0 Å². The molecule has 1 heterocycles. The summed E-state index contributed by atoms with van der Waals surface area (Å²) in [6.45, 7) is 11.4. The summed E-state index contributed by atoms with van der Waals surface area (Å²) in [5.41, 5.74) is 0. The van der Waals surface area contributed by atoms with E-state index in [1.54, 1.807) is 3.58 Å². The molecule has 0 spiro atoms. The molecule has 0 saturated heterocycles. The SMILES string of the molecule is CCC[CH2][Sn]([CH2]CCC)([CH2]CCC)[c]1ccc(NC(C)C)nc1. The Labute approximate surface area is 148 Å². The minimum absolute atomic E-state index is 0.446. The van der Waals surface area contributed by atoms with E-state index in [9.17, 15) is 0 Å². The number of hydrogen-bond donors (Lipinski definition) is 1. The number of aromatic nitrogens is 1. The number of anilines is 1. The van der Waals surface area contributed by atoms with Crippen LogP contribution in [0.3, 0.4) is 0 Å². The molecule has 23 heavy (non-hydrogen) atoms. The Kier molecular flexibility index (Phi) is 10.2. The Bertz CT molecular complexity index is 392. The quantitative estimate of drug-likeness (QED) is 0.418. The fourth-order valence-corrected chi connectivity index (χ4v) is 19.1. The molecule has 0 atom stereocenters. The van der Waals surface area contributed by atoms with Crippen molar-refractivity contribution in [2.24, 2.45) is 0 Å². The first-order valence-corrected chi connectivity index (χ1v) is 17.3. The van der Waals surface area contributed by atoms with Crippen LogP contribution in [-0.2, 0) is 0 Å². The number of nitrogens with zero attached hydrogens (tertiary/aromatic N) is 1. The summed E-state index contributed by atoms with van der Waals surface area (Å²) < 4.78 is 6.22. The molecule has 0 bridgehead atoms. The van der Waals surface area contributed by atoms with Gasteiger partial charge in [0.15, 0.2) is 0 Å². The predicted octanol–water partition coefficient (Wildman–Crippen LogP) is 5.96. The monoisotopic (exact) mass is 426 g/mol. The van der Waals surface area contributed by atoms with Gasteiger partial charge in [0.2, 0.25) is 0 Å². The predicted molar refractivity (Wildman–Crippen MR) is 108 cm³/mol. The van der Waals surface area contributed by atoms with Gasteiger partial charge >= 0.3 is 149 Å². The van der Waals surface area contributed by atoms with Gasteiger partial charge in [-0.15, -0.1) is 0 Å². The molecule has 0 aromatic carbocycles. The first-order valence-electron chi connectivity index (χ1n) is 9.81. The average Bonchev–Trinajstić information content (AvgIpc) is 2.55. The molecule has 0 aliphatic rings. The Morgan fingerprint density at radius 1 is 0.913 bits per heavy atom. The fraction of sp³-hybridized carbons (Fsp3) is 0.750. The van der Waals surface area contributed by atoms with Crippen LogP contribution in [0.15, 0.2) is 18.3 Å². The molecule has 0 fully saturated rings. The van der Waals surface area contributed by atoms with Crippen LogP contribution in [0.25, 0.3) is 0 Å². The minimum atomic E-state index is -2.27. The summed E-state index contributed by atoms with van der Waals surface area (Å²) in [6.07, 6.45) is 10.5. The van der Waals surface area contributed by atoms with Crippen molar-refractivity contribution in [1.82, 2.24) is 4.98 Å². The van der Waals surface area contributed by atoms with Crippen molar-refractivity contribution < 1.29 is 0 Å². The van der Waals surface area contributed by atoms with Crippen molar-refractivity contribution in [3.05, 3.63) is 18.3 Å². The molecule has 1 rings (SSSR count). The van der Waals surface area contributed by atoms with E-state index in [0.29, 0.717) is 6.04 Å². The van der Waals surface area contributed by atoms with Crippen molar-refractivity contribution in [2.45, 2.75) is 92.5 Å². The van der Waals surface area contributed by atoms with Crippen LogP contribution in [0.4, 0.5) is 5.82 Å². The zero-order valence-electron chi connectivity index (χ0n) is 16.1. The first-order chi connectivity index (χ1) is 11.1. The summed E-state index contributed by atoms with van der Waals surface area (Å²) >= 11 is -2.27. The van der Waals surface area contributed by atoms with Gasteiger partial charge in [0.1, 0.15) is 0 Å². The van der Waals surface area contributed by atoms with Gasteiger partial charge in [-0.25, -0.2) is 0 Å². The molecular weight excluding hydrogens is 387 g/mol. The van der Waals surface area contributed by atoms with Crippen LogP contribution < -0.4 is 8.90 Å². The van der Waals surface area contributed by atoms with Gasteiger partial charge in [-0.3, -0.25) is 0 Å². The average molecular weight is 425 g/mol. The molecule has 0 saturated carbocycles. The van der Waals surface area contributed by atoms with Gasteiger partial charge in [0, 0.05) is 0 Å². The summed E-state index contributed by atoms with van der Waals surface area (Å²) in [4.78, 5) is 4.75. The molecule has 132 valence electrons. The van der Waals surface area contributed by atoms with E-state index in [1.165, 1.54) is 51.8 Å². The molecule has 1 N–H and O–H groups in total. The third-order valence-electron chi connectivity index (χ3n) is 4.84. The van der Waals surface area contributed by atoms with Crippen LogP contribution in [0.1, 0.15) is 73.1 Å². The molecule has 0 aliphatic carbocycles. The van der Waals surface area contributed by atoms with Crippen molar-refractivity contribution in [3.8, 4) is 0 Å². The van der Waals surface area contributed by atoms with Crippen molar-refractivity contribution in [2.75, 3.05) is 5.32 Å². The second-order valence-corrected chi connectivity index (χ2v) is 20.6. The Morgan fingerprint density at radius 3 is 1.78 bits per heavy atom. The zero-order chi connectivity index (χ0) is 17.1. The van der Waals surface area contributed by atoms with Crippen LogP contribution in [0.2, 0.25) is 13.3 Å². The molecule has 0 unspecified atom stereocenters. The second kappa shape index (κ2) is 11.3. The topological polar surface area (TPSA) is 24.9 Å². The van der Waals surface area contributed by atoms with Crippen LogP contribution >= 0.6 is 0 Å². The van der Waals surface area contributed by atoms with E-state index >= 15 is 0 Å². The number of hydrogen-bond acceptors (Lipinski definition) is 2. The van der Waals surface area contributed by atoms with E-state index in [2.05, 4.69) is 58.3 Å². The molecule has 0 radical (unpaired) electrons. The summed E-state index contributed by atoms with van der Waals surface area (Å²) in [5.74, 6) is 1.03. The van der Waals surface area contributed by atoms with Crippen LogP contribution in [0, 0.1) is 0 Å². The first kappa shape index (κ1) is 20.8. The number of rotatable bonds is 12. The molecular formula is C20H38N2Sn. The number of pyridine rings is 1. The number of nitrogens with one attached hydrogen (secondary N) is 1. The van der Waals surface area contributed by atoms with Crippen molar-refractivity contribution >= 4 is 27.8 Å². The van der Waals surface area contributed by atoms with Crippen molar-refractivity contribution in [1.29, 1.82) is 0 Å². The molecule has 1 aromatic heterocycles. The summed E-state index contributed by atoms with van der Waals surface area (Å²) in [5, 5.41) is 3.43. The zero-order valence-corrected chi connectivity index (χ0v) is 19.0. The number of unbranched alkanes of at least 4 members (excludes halogenated alkanes) is 3.